The van der Waals surface area contributed by atoms with E-state index in [2.05, 4.69) is 15.7 Å². The summed E-state index contributed by atoms with van der Waals surface area (Å²) < 4.78 is 28.6. The van der Waals surface area contributed by atoms with E-state index < -0.39 is 23.4 Å². The first kappa shape index (κ1) is 19.2. The van der Waals surface area contributed by atoms with E-state index in [1.165, 1.54) is 42.2 Å². The van der Waals surface area contributed by atoms with Crippen molar-refractivity contribution in [2.75, 3.05) is 10.6 Å². The molecule has 2 N–H and O–H groups in total. The molecule has 0 aliphatic carbocycles. The molecule has 3 aromatic rings. The smallest absolute Gasteiger partial charge is 0.274 e. The molecule has 144 valence electrons. The topological polar surface area (TPSA) is 76.0 Å². The van der Waals surface area contributed by atoms with Gasteiger partial charge in [-0.3, -0.25) is 14.3 Å². The Bertz CT molecular complexity index is 1080. The Hall–Kier alpha value is -3.55. The predicted octanol–water partition coefficient (Wildman–Crippen LogP) is 3.82. The Morgan fingerprint density at radius 2 is 1.39 bits per heavy atom. The number of amides is 2. The molecule has 3 rings (SSSR count). The van der Waals surface area contributed by atoms with E-state index in [0.29, 0.717) is 11.1 Å². The van der Waals surface area contributed by atoms with Gasteiger partial charge in [-0.1, -0.05) is 12.1 Å². The first-order chi connectivity index (χ1) is 13.3. The van der Waals surface area contributed by atoms with Crippen molar-refractivity contribution in [3.05, 3.63) is 76.6 Å². The third-order valence-corrected chi connectivity index (χ3v) is 4.26. The van der Waals surface area contributed by atoms with Gasteiger partial charge in [-0.05, 0) is 49.2 Å². The van der Waals surface area contributed by atoms with Crippen LogP contribution in [-0.4, -0.2) is 21.6 Å². The van der Waals surface area contributed by atoms with Crippen molar-refractivity contribution in [2.45, 2.75) is 13.8 Å². The number of halogens is 2. The van der Waals surface area contributed by atoms with Gasteiger partial charge in [0.2, 0.25) is 0 Å². The van der Waals surface area contributed by atoms with Crippen LogP contribution >= 0.6 is 0 Å². The number of rotatable bonds is 4. The number of anilines is 2. The van der Waals surface area contributed by atoms with Crippen molar-refractivity contribution < 1.29 is 18.4 Å². The molecule has 0 spiro atoms. The summed E-state index contributed by atoms with van der Waals surface area (Å²) in [7, 11) is 1.51. The highest BCUT2D eigenvalue weighted by atomic mass is 19.1. The zero-order valence-electron chi connectivity index (χ0n) is 15.5. The van der Waals surface area contributed by atoms with Crippen LogP contribution in [0.15, 0.2) is 42.6 Å². The third-order valence-electron chi connectivity index (χ3n) is 4.26. The molecule has 0 aliphatic rings. The maximum atomic E-state index is 13.7. The molecule has 8 heteroatoms. The molecule has 2 amide bonds. The number of nitrogens with zero attached hydrogens (tertiary/aromatic N) is 2. The van der Waals surface area contributed by atoms with Crippen molar-refractivity contribution in [1.29, 1.82) is 0 Å². The second-order valence-electron chi connectivity index (χ2n) is 6.37. The van der Waals surface area contributed by atoms with E-state index in [1.54, 1.807) is 26.0 Å². The summed E-state index contributed by atoms with van der Waals surface area (Å²) in [5.41, 5.74) is 1.40. The summed E-state index contributed by atoms with van der Waals surface area (Å²) in [6.45, 7) is 3.22. The lowest BCUT2D eigenvalue weighted by Crippen LogP contribution is -2.22. The molecule has 0 saturated carbocycles. The molecular formula is C20H18F2N4O2. The van der Waals surface area contributed by atoms with Crippen LogP contribution in [-0.2, 0) is 7.05 Å². The fraction of sp³-hybridized carbons (Fsp3) is 0.150. The molecular weight excluding hydrogens is 366 g/mol. The molecule has 0 radical (unpaired) electrons. The summed E-state index contributed by atoms with van der Waals surface area (Å²) in [5, 5.41) is 9.04. The lowest BCUT2D eigenvalue weighted by Gasteiger charge is -2.10. The van der Waals surface area contributed by atoms with Crippen LogP contribution in [0.4, 0.5) is 20.2 Å². The summed E-state index contributed by atoms with van der Waals surface area (Å²) in [6, 6.07) is 8.57. The van der Waals surface area contributed by atoms with Gasteiger partial charge in [-0.2, -0.15) is 5.10 Å². The molecule has 28 heavy (non-hydrogen) atoms. The monoisotopic (exact) mass is 384 g/mol. The number of nitrogens with one attached hydrogen (secondary N) is 2. The van der Waals surface area contributed by atoms with E-state index in [1.807, 2.05) is 0 Å². The molecule has 1 aromatic heterocycles. The van der Waals surface area contributed by atoms with Gasteiger partial charge in [0.05, 0.1) is 11.8 Å². The highest BCUT2D eigenvalue weighted by molar-refractivity contribution is 6.14. The molecule has 0 saturated heterocycles. The Balaban J connectivity index is 1.83. The number of carbonyl (C=O) groups is 2. The van der Waals surface area contributed by atoms with E-state index in [-0.39, 0.29) is 22.6 Å². The summed E-state index contributed by atoms with van der Waals surface area (Å²) in [5.74, 6) is -2.15. The minimum absolute atomic E-state index is 0.00793. The van der Waals surface area contributed by atoms with Crippen LogP contribution in [0, 0.1) is 25.5 Å². The van der Waals surface area contributed by atoms with Crippen LogP contribution in [0.5, 0.6) is 0 Å². The molecule has 0 fully saturated rings. The zero-order valence-corrected chi connectivity index (χ0v) is 15.5. The lowest BCUT2D eigenvalue weighted by molar-refractivity contribution is 0.0985. The summed E-state index contributed by atoms with van der Waals surface area (Å²) >= 11 is 0. The lowest BCUT2D eigenvalue weighted by atomic mass is 10.1. The summed E-state index contributed by atoms with van der Waals surface area (Å²) in [4.78, 5) is 25.2. The van der Waals surface area contributed by atoms with Crippen LogP contribution in [0.1, 0.15) is 32.0 Å². The standard InChI is InChI=1S/C20H18F2N4O2/c1-11-4-6-13(8-16(11)21)24-19(27)15-10-23-26(3)18(15)20(28)25-14-7-5-12(2)17(22)9-14/h4-10H,1-3H3,(H,24,27)(H,25,28). The number of carbonyl (C=O) groups excluding carboxylic acids is 2. The van der Waals surface area contributed by atoms with Gasteiger partial charge in [0.1, 0.15) is 17.3 Å². The van der Waals surface area contributed by atoms with Gasteiger partial charge in [-0.15, -0.1) is 0 Å². The largest absolute Gasteiger partial charge is 0.322 e. The number of hydrogen-bond donors (Lipinski definition) is 2. The molecule has 2 aromatic carbocycles. The minimum atomic E-state index is -0.622. The highest BCUT2D eigenvalue weighted by Crippen LogP contribution is 2.18. The first-order valence-corrected chi connectivity index (χ1v) is 8.43. The average molecular weight is 384 g/mol. The zero-order chi connectivity index (χ0) is 20.4. The molecule has 1 heterocycles. The van der Waals surface area contributed by atoms with Gasteiger partial charge >= 0.3 is 0 Å². The minimum Gasteiger partial charge on any atom is -0.322 e. The van der Waals surface area contributed by atoms with Gasteiger partial charge in [0.25, 0.3) is 11.8 Å². The van der Waals surface area contributed by atoms with Crippen LogP contribution in [0.3, 0.4) is 0 Å². The van der Waals surface area contributed by atoms with Crippen molar-refractivity contribution >= 4 is 23.2 Å². The van der Waals surface area contributed by atoms with Gasteiger partial charge in [0, 0.05) is 18.4 Å². The number of aryl methyl sites for hydroxylation is 3. The maximum Gasteiger partial charge on any atom is 0.274 e. The Kier molecular flexibility index (Phi) is 5.21. The highest BCUT2D eigenvalue weighted by Gasteiger charge is 2.22. The second kappa shape index (κ2) is 7.59. The van der Waals surface area contributed by atoms with Crippen LogP contribution in [0.2, 0.25) is 0 Å². The molecule has 0 unspecified atom stereocenters. The van der Waals surface area contributed by atoms with E-state index in [9.17, 15) is 18.4 Å². The van der Waals surface area contributed by atoms with Crippen molar-refractivity contribution in [3.8, 4) is 0 Å². The fourth-order valence-corrected chi connectivity index (χ4v) is 2.60. The van der Waals surface area contributed by atoms with Crippen molar-refractivity contribution in [3.63, 3.8) is 0 Å². The van der Waals surface area contributed by atoms with E-state index in [0.717, 1.165) is 0 Å². The average Bonchev–Trinajstić information content (AvgIpc) is 3.03. The first-order valence-electron chi connectivity index (χ1n) is 8.43. The number of aromatic nitrogens is 2. The van der Waals surface area contributed by atoms with Crippen molar-refractivity contribution in [1.82, 2.24) is 9.78 Å². The number of benzene rings is 2. The quantitative estimate of drug-likeness (QED) is 0.718. The van der Waals surface area contributed by atoms with Crippen LogP contribution in [0.25, 0.3) is 0 Å². The summed E-state index contributed by atoms with van der Waals surface area (Å²) in [6.07, 6.45) is 1.24. The normalized spacial score (nSPS) is 10.6. The molecule has 0 bridgehead atoms. The van der Waals surface area contributed by atoms with E-state index >= 15 is 0 Å². The van der Waals surface area contributed by atoms with Crippen LogP contribution < -0.4 is 10.6 Å². The third kappa shape index (κ3) is 3.90. The predicted molar refractivity (Wildman–Crippen MR) is 101 cm³/mol. The number of hydrogen-bond acceptors (Lipinski definition) is 3. The Labute approximate surface area is 160 Å². The van der Waals surface area contributed by atoms with Gasteiger partial charge in [-0.25, -0.2) is 8.78 Å². The van der Waals surface area contributed by atoms with Crippen molar-refractivity contribution in [2.24, 2.45) is 7.05 Å². The molecule has 6 nitrogen and oxygen atoms in total. The Morgan fingerprint density at radius 3 is 1.89 bits per heavy atom. The fourth-order valence-electron chi connectivity index (χ4n) is 2.60. The maximum absolute atomic E-state index is 13.7. The SMILES string of the molecule is Cc1ccc(NC(=O)c2cnn(C)c2C(=O)Nc2ccc(C)c(F)c2)cc1F. The van der Waals surface area contributed by atoms with Gasteiger partial charge < -0.3 is 10.6 Å². The molecule has 0 atom stereocenters. The second-order valence-corrected chi connectivity index (χ2v) is 6.37. The van der Waals surface area contributed by atoms with Gasteiger partial charge in [0.15, 0.2) is 0 Å². The Morgan fingerprint density at radius 1 is 0.893 bits per heavy atom. The van der Waals surface area contributed by atoms with E-state index in [4.69, 9.17) is 0 Å². The molecule has 0 aliphatic heterocycles.